The lowest BCUT2D eigenvalue weighted by molar-refractivity contribution is -0.342. The zero-order chi connectivity index (χ0) is 16.0. The first-order valence-electron chi connectivity index (χ1n) is 7.85. The summed E-state index contributed by atoms with van der Waals surface area (Å²) in [6.45, 7) is 2.40. The van der Waals surface area contributed by atoms with Crippen molar-refractivity contribution in [1.29, 1.82) is 0 Å². The molecule has 0 aliphatic carbocycles. The van der Waals surface area contributed by atoms with Crippen LogP contribution >= 0.6 is 0 Å². The Morgan fingerprint density at radius 2 is 0.957 bits per heavy atom. The normalized spacial score (nSPS) is 11.3. The SMILES string of the molecule is CCOOC(c1ccccc1)(c1ccccc1)c1ccccc1. The van der Waals surface area contributed by atoms with Crippen LogP contribution in [0.3, 0.4) is 0 Å². The van der Waals surface area contributed by atoms with Gasteiger partial charge in [-0.1, -0.05) is 91.0 Å². The van der Waals surface area contributed by atoms with E-state index in [2.05, 4.69) is 36.4 Å². The maximum Gasteiger partial charge on any atom is 0.178 e. The largest absolute Gasteiger partial charge is 0.235 e. The smallest absolute Gasteiger partial charge is 0.178 e. The standard InChI is InChI=1S/C21H20O2/c1-2-22-23-21(18-12-6-3-7-13-18,19-14-8-4-9-15-19)20-16-10-5-11-17-20/h3-17H,2H2,1H3. The highest BCUT2D eigenvalue weighted by Gasteiger charge is 2.39. The van der Waals surface area contributed by atoms with Gasteiger partial charge in [0.2, 0.25) is 0 Å². The van der Waals surface area contributed by atoms with Crippen molar-refractivity contribution in [3.05, 3.63) is 108 Å². The van der Waals surface area contributed by atoms with Crippen LogP contribution in [-0.2, 0) is 15.4 Å². The van der Waals surface area contributed by atoms with E-state index in [4.69, 9.17) is 9.78 Å². The summed E-state index contributed by atoms with van der Waals surface area (Å²) in [5.41, 5.74) is 2.31. The van der Waals surface area contributed by atoms with Crippen molar-refractivity contribution in [3.8, 4) is 0 Å². The molecule has 0 N–H and O–H groups in total. The number of rotatable bonds is 6. The average molecular weight is 304 g/mol. The molecule has 0 fully saturated rings. The Morgan fingerprint density at radius 3 is 1.26 bits per heavy atom. The highest BCUT2D eigenvalue weighted by molar-refractivity contribution is 5.47. The fourth-order valence-corrected chi connectivity index (χ4v) is 2.81. The predicted octanol–water partition coefficient (Wildman–Crippen LogP) is 4.95. The van der Waals surface area contributed by atoms with Gasteiger partial charge in [0.15, 0.2) is 5.60 Å². The molecule has 0 saturated heterocycles. The lowest BCUT2D eigenvalue weighted by Crippen LogP contribution is -2.33. The van der Waals surface area contributed by atoms with Crippen LogP contribution in [0.25, 0.3) is 0 Å². The molecule has 2 heteroatoms. The van der Waals surface area contributed by atoms with Crippen LogP contribution in [0.4, 0.5) is 0 Å². The predicted molar refractivity (Wildman–Crippen MR) is 91.9 cm³/mol. The second-order valence-corrected chi connectivity index (χ2v) is 5.27. The quantitative estimate of drug-likeness (QED) is 0.364. The summed E-state index contributed by atoms with van der Waals surface area (Å²) < 4.78 is 0. The molecule has 0 aromatic heterocycles. The molecule has 0 radical (unpaired) electrons. The Balaban J connectivity index is 2.25. The second kappa shape index (κ2) is 7.23. The number of benzene rings is 3. The molecule has 0 aliphatic rings. The van der Waals surface area contributed by atoms with E-state index in [0.29, 0.717) is 6.61 Å². The van der Waals surface area contributed by atoms with Crippen molar-refractivity contribution in [3.63, 3.8) is 0 Å². The molecular weight excluding hydrogens is 284 g/mol. The minimum absolute atomic E-state index is 0.480. The van der Waals surface area contributed by atoms with Gasteiger partial charge in [-0.3, -0.25) is 0 Å². The molecule has 0 aliphatic heterocycles. The molecule has 116 valence electrons. The van der Waals surface area contributed by atoms with E-state index in [-0.39, 0.29) is 0 Å². The van der Waals surface area contributed by atoms with Crippen molar-refractivity contribution < 1.29 is 9.78 Å². The first-order chi connectivity index (χ1) is 11.4. The lowest BCUT2D eigenvalue weighted by atomic mass is 9.80. The van der Waals surface area contributed by atoms with Gasteiger partial charge in [0.05, 0.1) is 6.61 Å². The molecule has 0 bridgehead atoms. The maximum absolute atomic E-state index is 6.04. The third-order valence-electron chi connectivity index (χ3n) is 3.84. The molecule has 0 spiro atoms. The van der Waals surface area contributed by atoms with Gasteiger partial charge < -0.3 is 0 Å². The molecule has 0 saturated carbocycles. The van der Waals surface area contributed by atoms with Crippen LogP contribution < -0.4 is 0 Å². The van der Waals surface area contributed by atoms with E-state index in [1.54, 1.807) is 0 Å². The summed E-state index contributed by atoms with van der Waals surface area (Å²) in [4.78, 5) is 11.5. The molecule has 2 nitrogen and oxygen atoms in total. The highest BCUT2D eigenvalue weighted by atomic mass is 17.2. The van der Waals surface area contributed by atoms with Crippen LogP contribution in [0.2, 0.25) is 0 Å². The summed E-state index contributed by atoms with van der Waals surface area (Å²) in [7, 11) is 0. The Morgan fingerprint density at radius 1 is 0.609 bits per heavy atom. The summed E-state index contributed by atoms with van der Waals surface area (Å²) in [6, 6.07) is 30.5. The maximum atomic E-state index is 6.04. The van der Waals surface area contributed by atoms with E-state index in [1.807, 2.05) is 61.5 Å². The van der Waals surface area contributed by atoms with E-state index in [0.717, 1.165) is 16.7 Å². The monoisotopic (exact) mass is 304 g/mol. The zero-order valence-electron chi connectivity index (χ0n) is 13.2. The van der Waals surface area contributed by atoms with Crippen LogP contribution in [0.5, 0.6) is 0 Å². The van der Waals surface area contributed by atoms with Crippen LogP contribution in [-0.4, -0.2) is 6.61 Å². The van der Waals surface area contributed by atoms with Crippen LogP contribution in [0, 0.1) is 0 Å². The Kier molecular flexibility index (Phi) is 4.86. The van der Waals surface area contributed by atoms with E-state index in [1.165, 1.54) is 0 Å². The van der Waals surface area contributed by atoms with Gasteiger partial charge in [-0.2, -0.15) is 0 Å². The zero-order valence-corrected chi connectivity index (χ0v) is 13.2. The first-order valence-corrected chi connectivity index (χ1v) is 7.85. The van der Waals surface area contributed by atoms with Gasteiger partial charge >= 0.3 is 0 Å². The lowest BCUT2D eigenvalue weighted by Gasteiger charge is -2.33. The summed E-state index contributed by atoms with van der Waals surface area (Å²) >= 11 is 0. The topological polar surface area (TPSA) is 18.5 Å². The van der Waals surface area contributed by atoms with Gasteiger partial charge in [-0.05, 0) is 23.6 Å². The third-order valence-corrected chi connectivity index (χ3v) is 3.84. The average Bonchev–Trinajstić information content (AvgIpc) is 2.65. The summed E-state index contributed by atoms with van der Waals surface area (Å²) in [5, 5.41) is 0. The Labute approximate surface area is 137 Å². The summed E-state index contributed by atoms with van der Waals surface area (Å²) in [5.74, 6) is 0. The van der Waals surface area contributed by atoms with Gasteiger partial charge in [0.25, 0.3) is 0 Å². The van der Waals surface area contributed by atoms with Crippen LogP contribution in [0.15, 0.2) is 91.0 Å². The molecule has 0 heterocycles. The molecule has 3 aromatic rings. The fraction of sp³-hybridized carbons (Fsp3) is 0.143. The number of hydrogen-bond donors (Lipinski definition) is 0. The van der Waals surface area contributed by atoms with Crippen LogP contribution in [0.1, 0.15) is 23.6 Å². The van der Waals surface area contributed by atoms with Crippen molar-refractivity contribution in [2.45, 2.75) is 12.5 Å². The molecule has 3 aromatic carbocycles. The second-order valence-electron chi connectivity index (χ2n) is 5.27. The summed E-state index contributed by atoms with van der Waals surface area (Å²) in [6.07, 6.45) is 0. The number of hydrogen-bond acceptors (Lipinski definition) is 2. The van der Waals surface area contributed by atoms with E-state index >= 15 is 0 Å². The van der Waals surface area contributed by atoms with Gasteiger partial charge in [-0.25, -0.2) is 9.78 Å². The van der Waals surface area contributed by atoms with Crippen molar-refractivity contribution in [2.24, 2.45) is 0 Å². The first kappa shape index (κ1) is 15.5. The Hall–Kier alpha value is -2.42. The highest BCUT2D eigenvalue weighted by Crippen LogP contribution is 2.40. The van der Waals surface area contributed by atoms with Gasteiger partial charge in [-0.15, -0.1) is 0 Å². The van der Waals surface area contributed by atoms with Crippen molar-refractivity contribution >= 4 is 0 Å². The molecule has 3 rings (SSSR count). The van der Waals surface area contributed by atoms with Crippen molar-refractivity contribution in [2.75, 3.05) is 6.61 Å². The molecule has 0 amide bonds. The fourth-order valence-electron chi connectivity index (χ4n) is 2.81. The van der Waals surface area contributed by atoms with Crippen molar-refractivity contribution in [1.82, 2.24) is 0 Å². The molecular formula is C21H20O2. The van der Waals surface area contributed by atoms with E-state index in [9.17, 15) is 0 Å². The third kappa shape index (κ3) is 3.04. The Bertz CT molecular complexity index is 612. The molecule has 0 atom stereocenters. The van der Waals surface area contributed by atoms with Gasteiger partial charge in [0.1, 0.15) is 0 Å². The molecule has 23 heavy (non-hydrogen) atoms. The molecule has 0 unspecified atom stereocenters. The van der Waals surface area contributed by atoms with E-state index < -0.39 is 5.60 Å². The van der Waals surface area contributed by atoms with Gasteiger partial charge in [0, 0.05) is 0 Å². The minimum Gasteiger partial charge on any atom is -0.235 e. The minimum atomic E-state index is -0.792.